The molecule has 6 heteroatoms. The largest absolute Gasteiger partial charge is 0.478 e. The third-order valence-electron chi connectivity index (χ3n) is 2.00. The van der Waals surface area contributed by atoms with Crippen molar-refractivity contribution in [3.05, 3.63) is 47.9 Å². The average Bonchev–Trinajstić information content (AvgIpc) is 2.29. The Morgan fingerprint density at radius 3 is 2.88 bits per heavy atom. The van der Waals surface area contributed by atoms with Crippen LogP contribution < -0.4 is 5.32 Å². The van der Waals surface area contributed by atoms with Crippen molar-refractivity contribution in [1.82, 2.24) is 10.2 Å². The Morgan fingerprint density at radius 2 is 2.18 bits per heavy atom. The molecule has 0 unspecified atom stereocenters. The number of halogens is 1. The highest BCUT2D eigenvalue weighted by Gasteiger charge is 2.05. The number of aromatic carboxylic acids is 1. The van der Waals surface area contributed by atoms with Crippen molar-refractivity contribution in [1.29, 1.82) is 0 Å². The van der Waals surface area contributed by atoms with Crippen molar-refractivity contribution in [2.45, 2.75) is 0 Å². The van der Waals surface area contributed by atoms with Gasteiger partial charge >= 0.3 is 5.97 Å². The van der Waals surface area contributed by atoms with E-state index in [1.165, 1.54) is 24.3 Å². The van der Waals surface area contributed by atoms with Gasteiger partial charge in [0.25, 0.3) is 0 Å². The topological polar surface area (TPSA) is 75.1 Å². The number of carboxylic acid groups (broad SMARTS) is 1. The second-order valence-corrected chi connectivity index (χ2v) is 3.27. The summed E-state index contributed by atoms with van der Waals surface area (Å²) in [6.07, 6.45) is 1.14. The fourth-order valence-corrected chi connectivity index (χ4v) is 1.26. The molecule has 1 aromatic heterocycles. The fourth-order valence-electron chi connectivity index (χ4n) is 1.26. The molecule has 2 rings (SSSR count). The lowest BCUT2D eigenvalue weighted by molar-refractivity contribution is 0.0696. The third-order valence-corrected chi connectivity index (χ3v) is 2.00. The van der Waals surface area contributed by atoms with E-state index in [1.807, 2.05) is 0 Å². The van der Waals surface area contributed by atoms with Gasteiger partial charge in [0.15, 0.2) is 5.82 Å². The Bertz CT molecular complexity index is 560. The minimum absolute atomic E-state index is 0.0129. The Kier molecular flexibility index (Phi) is 2.95. The minimum Gasteiger partial charge on any atom is -0.478 e. The van der Waals surface area contributed by atoms with Crippen LogP contribution in [-0.4, -0.2) is 21.3 Å². The van der Waals surface area contributed by atoms with Gasteiger partial charge in [-0.2, -0.15) is 5.10 Å². The highest BCUT2D eigenvalue weighted by Crippen LogP contribution is 2.15. The summed E-state index contributed by atoms with van der Waals surface area (Å²) in [5.74, 6) is -1.24. The molecular formula is C11H8FN3O2. The molecule has 0 radical (unpaired) electrons. The number of hydrogen-bond acceptors (Lipinski definition) is 4. The van der Waals surface area contributed by atoms with E-state index in [1.54, 1.807) is 6.07 Å². The molecule has 0 saturated carbocycles. The van der Waals surface area contributed by atoms with Gasteiger partial charge in [0, 0.05) is 5.69 Å². The van der Waals surface area contributed by atoms with E-state index in [2.05, 4.69) is 15.5 Å². The number of carbonyl (C=O) groups is 1. The lowest BCUT2D eigenvalue weighted by Gasteiger charge is -2.04. The fraction of sp³-hybridized carbons (Fsp3) is 0. The maximum absolute atomic E-state index is 12.9. The minimum atomic E-state index is -1.10. The van der Waals surface area contributed by atoms with Crippen LogP contribution in [0.3, 0.4) is 0 Å². The molecule has 1 heterocycles. The molecule has 0 bridgehead atoms. The molecule has 2 aromatic rings. The monoisotopic (exact) mass is 233 g/mol. The van der Waals surface area contributed by atoms with Gasteiger partial charge in [-0.05, 0) is 24.3 Å². The first-order valence-electron chi connectivity index (χ1n) is 4.74. The van der Waals surface area contributed by atoms with Gasteiger partial charge < -0.3 is 10.4 Å². The summed E-state index contributed by atoms with van der Waals surface area (Å²) in [5, 5.41) is 18.8. The summed E-state index contributed by atoms with van der Waals surface area (Å²) >= 11 is 0. The lowest BCUT2D eigenvalue weighted by Crippen LogP contribution is -2.02. The average molecular weight is 233 g/mol. The van der Waals surface area contributed by atoms with Crippen molar-refractivity contribution < 1.29 is 14.3 Å². The Hall–Kier alpha value is -2.50. The van der Waals surface area contributed by atoms with Crippen LogP contribution in [0, 0.1) is 5.82 Å². The van der Waals surface area contributed by atoms with Crippen LogP contribution in [0.5, 0.6) is 0 Å². The second kappa shape index (κ2) is 4.56. The molecule has 0 spiro atoms. The first-order chi connectivity index (χ1) is 8.15. The first kappa shape index (κ1) is 11.0. The smallest absolute Gasteiger partial charge is 0.337 e. The summed E-state index contributed by atoms with van der Waals surface area (Å²) in [7, 11) is 0. The number of nitrogens with one attached hydrogen (secondary N) is 1. The molecule has 0 aliphatic rings. The molecule has 2 N–H and O–H groups in total. The van der Waals surface area contributed by atoms with Crippen molar-refractivity contribution in [3.63, 3.8) is 0 Å². The van der Waals surface area contributed by atoms with E-state index in [4.69, 9.17) is 5.11 Å². The first-order valence-corrected chi connectivity index (χ1v) is 4.74. The summed E-state index contributed by atoms with van der Waals surface area (Å²) < 4.78 is 12.9. The summed E-state index contributed by atoms with van der Waals surface area (Å²) in [4.78, 5) is 10.7. The number of benzene rings is 1. The lowest BCUT2D eigenvalue weighted by atomic mass is 10.3. The van der Waals surface area contributed by atoms with Crippen molar-refractivity contribution in [2.75, 3.05) is 5.32 Å². The van der Waals surface area contributed by atoms with Crippen LogP contribution in [0.2, 0.25) is 0 Å². The molecule has 0 amide bonds. The second-order valence-electron chi connectivity index (χ2n) is 3.27. The van der Waals surface area contributed by atoms with E-state index in [0.717, 1.165) is 6.20 Å². The van der Waals surface area contributed by atoms with Gasteiger partial charge in [-0.25, -0.2) is 9.18 Å². The maximum atomic E-state index is 12.9. The predicted octanol–water partition coefficient (Wildman–Crippen LogP) is 2.06. The zero-order valence-electron chi connectivity index (χ0n) is 8.59. The predicted molar refractivity (Wildman–Crippen MR) is 58.7 cm³/mol. The molecule has 0 aliphatic carbocycles. The molecule has 0 atom stereocenters. The van der Waals surface area contributed by atoms with Crippen LogP contribution in [0.25, 0.3) is 0 Å². The molecule has 0 fully saturated rings. The van der Waals surface area contributed by atoms with Crippen LogP contribution in [0.1, 0.15) is 10.4 Å². The van der Waals surface area contributed by atoms with Gasteiger partial charge in [-0.15, -0.1) is 5.10 Å². The van der Waals surface area contributed by atoms with Gasteiger partial charge in [0.2, 0.25) is 0 Å². The van der Waals surface area contributed by atoms with E-state index < -0.39 is 11.8 Å². The number of anilines is 2. The van der Waals surface area contributed by atoms with E-state index in [-0.39, 0.29) is 11.4 Å². The molecule has 0 aliphatic heterocycles. The Morgan fingerprint density at radius 1 is 1.35 bits per heavy atom. The van der Waals surface area contributed by atoms with Crippen LogP contribution in [0.15, 0.2) is 36.5 Å². The number of rotatable bonds is 3. The molecule has 1 aromatic carbocycles. The maximum Gasteiger partial charge on any atom is 0.337 e. The van der Waals surface area contributed by atoms with Gasteiger partial charge in [0.1, 0.15) is 5.82 Å². The summed E-state index contributed by atoms with van der Waals surface area (Å²) in [5.41, 5.74) is 0.487. The highest BCUT2D eigenvalue weighted by molar-refractivity contribution is 5.88. The normalized spacial score (nSPS) is 9.94. The number of carboxylic acids is 1. The van der Waals surface area contributed by atoms with Crippen LogP contribution >= 0.6 is 0 Å². The van der Waals surface area contributed by atoms with E-state index in [9.17, 15) is 9.18 Å². The molecule has 0 saturated heterocycles. The molecule has 5 nitrogen and oxygen atoms in total. The Labute approximate surface area is 95.9 Å². The van der Waals surface area contributed by atoms with Crippen molar-refractivity contribution >= 4 is 17.5 Å². The van der Waals surface area contributed by atoms with E-state index >= 15 is 0 Å². The standard InChI is InChI=1S/C11H8FN3O2/c12-8-2-1-3-9(5-8)14-10-4-7(11(16)17)6-13-15-10/h1-6H,(H,14,15)(H,16,17). The van der Waals surface area contributed by atoms with Crippen molar-refractivity contribution in [3.8, 4) is 0 Å². The van der Waals surface area contributed by atoms with Crippen molar-refractivity contribution in [2.24, 2.45) is 0 Å². The van der Waals surface area contributed by atoms with Crippen LogP contribution in [-0.2, 0) is 0 Å². The SMILES string of the molecule is O=C(O)c1cnnc(Nc2cccc(F)c2)c1. The quantitative estimate of drug-likeness (QED) is 0.848. The van der Waals surface area contributed by atoms with Gasteiger partial charge in [-0.1, -0.05) is 6.07 Å². The van der Waals surface area contributed by atoms with Gasteiger partial charge in [0.05, 0.1) is 11.8 Å². The van der Waals surface area contributed by atoms with Crippen LogP contribution in [0.4, 0.5) is 15.9 Å². The van der Waals surface area contributed by atoms with E-state index in [0.29, 0.717) is 5.69 Å². The third kappa shape index (κ3) is 2.75. The zero-order chi connectivity index (χ0) is 12.3. The zero-order valence-corrected chi connectivity index (χ0v) is 8.59. The summed E-state index contributed by atoms with van der Waals surface area (Å²) in [6, 6.07) is 7.07. The summed E-state index contributed by atoms with van der Waals surface area (Å²) in [6.45, 7) is 0. The number of aromatic nitrogens is 2. The molecule has 86 valence electrons. The molecular weight excluding hydrogens is 225 g/mol. The number of hydrogen-bond donors (Lipinski definition) is 2. The van der Waals surface area contributed by atoms with Gasteiger partial charge in [-0.3, -0.25) is 0 Å². The molecule has 17 heavy (non-hydrogen) atoms. The Balaban J connectivity index is 2.24. The number of nitrogens with zero attached hydrogens (tertiary/aromatic N) is 2. The highest BCUT2D eigenvalue weighted by atomic mass is 19.1.